The Morgan fingerprint density at radius 3 is 2.74 bits per heavy atom. The maximum absolute atomic E-state index is 14.4. The fourth-order valence-corrected chi connectivity index (χ4v) is 3.26. The van der Waals surface area contributed by atoms with Crippen LogP contribution in [-0.2, 0) is 4.74 Å². The van der Waals surface area contributed by atoms with Crippen molar-refractivity contribution in [3.05, 3.63) is 53.8 Å². The van der Waals surface area contributed by atoms with E-state index in [0.29, 0.717) is 23.5 Å². The second-order valence-corrected chi connectivity index (χ2v) is 6.75. The van der Waals surface area contributed by atoms with Gasteiger partial charge in [-0.15, -0.1) is 0 Å². The van der Waals surface area contributed by atoms with Gasteiger partial charge in [0.05, 0.1) is 25.4 Å². The highest BCUT2D eigenvalue weighted by atomic mass is 19.1. The molecule has 6 heteroatoms. The van der Waals surface area contributed by atoms with E-state index in [0.717, 1.165) is 12.0 Å². The van der Waals surface area contributed by atoms with Gasteiger partial charge in [-0.3, -0.25) is 0 Å². The maximum Gasteiger partial charge on any atom is 0.131 e. The molecule has 2 aromatic rings. The zero-order valence-corrected chi connectivity index (χ0v) is 15.2. The van der Waals surface area contributed by atoms with Crippen LogP contribution in [0.25, 0.3) is 11.1 Å². The van der Waals surface area contributed by atoms with E-state index in [9.17, 15) is 19.7 Å². The Labute approximate surface area is 158 Å². The first kappa shape index (κ1) is 19.8. The molecule has 3 rings (SSSR count). The minimum atomic E-state index is -1.13. The van der Waals surface area contributed by atoms with Crippen LogP contribution < -0.4 is 4.74 Å². The van der Waals surface area contributed by atoms with Crippen LogP contribution in [0.1, 0.15) is 31.4 Å². The lowest BCUT2D eigenvalue weighted by molar-refractivity contribution is -0.181. The Morgan fingerprint density at radius 2 is 2.00 bits per heavy atom. The molecule has 0 spiro atoms. The molecule has 1 saturated heterocycles. The van der Waals surface area contributed by atoms with Gasteiger partial charge in [0.1, 0.15) is 23.8 Å². The highest BCUT2D eigenvalue weighted by molar-refractivity contribution is 5.66. The first-order valence-electron chi connectivity index (χ1n) is 9.18. The summed E-state index contributed by atoms with van der Waals surface area (Å²) in [6.45, 7) is 2.17. The van der Waals surface area contributed by atoms with E-state index in [2.05, 4.69) is 0 Å². The Morgan fingerprint density at radius 1 is 1.19 bits per heavy atom. The molecule has 0 bridgehead atoms. The molecule has 0 saturated carbocycles. The number of aliphatic hydroxyl groups is 3. The van der Waals surface area contributed by atoms with E-state index in [1.807, 2.05) is 13.0 Å². The quantitative estimate of drug-likeness (QED) is 0.723. The third-order valence-electron chi connectivity index (χ3n) is 4.73. The van der Waals surface area contributed by atoms with Crippen LogP contribution in [0, 0.1) is 5.82 Å². The summed E-state index contributed by atoms with van der Waals surface area (Å²) in [6.07, 6.45) is -2.41. The summed E-state index contributed by atoms with van der Waals surface area (Å²) < 4.78 is 25.7. The SMILES string of the molecule is CCCOc1ccc(F)c(-c2cccc(C3CC(O)C(O)C(CO)O3)c2)c1. The van der Waals surface area contributed by atoms with Crippen LogP contribution in [0.15, 0.2) is 42.5 Å². The third-order valence-corrected chi connectivity index (χ3v) is 4.73. The van der Waals surface area contributed by atoms with Gasteiger partial charge in [-0.1, -0.05) is 25.1 Å². The van der Waals surface area contributed by atoms with Gasteiger partial charge >= 0.3 is 0 Å². The van der Waals surface area contributed by atoms with Crippen molar-refractivity contribution in [2.75, 3.05) is 13.2 Å². The lowest BCUT2D eigenvalue weighted by atomic mass is 9.92. The van der Waals surface area contributed by atoms with Crippen molar-refractivity contribution < 1.29 is 29.2 Å². The van der Waals surface area contributed by atoms with Gasteiger partial charge in [0, 0.05) is 12.0 Å². The Bertz CT molecular complexity index is 766. The molecule has 146 valence electrons. The zero-order valence-electron chi connectivity index (χ0n) is 15.2. The average Bonchev–Trinajstić information content (AvgIpc) is 2.69. The summed E-state index contributed by atoms with van der Waals surface area (Å²) in [5.41, 5.74) is 1.83. The Balaban J connectivity index is 1.88. The second-order valence-electron chi connectivity index (χ2n) is 6.75. The van der Waals surface area contributed by atoms with Gasteiger partial charge in [0.2, 0.25) is 0 Å². The molecule has 0 radical (unpaired) electrons. The van der Waals surface area contributed by atoms with Crippen LogP contribution in [-0.4, -0.2) is 46.8 Å². The smallest absolute Gasteiger partial charge is 0.131 e. The Hall–Kier alpha value is -1.99. The molecule has 3 N–H and O–H groups in total. The molecule has 5 nitrogen and oxygen atoms in total. The van der Waals surface area contributed by atoms with E-state index in [1.54, 1.807) is 30.3 Å². The lowest BCUT2D eigenvalue weighted by Gasteiger charge is -2.36. The summed E-state index contributed by atoms with van der Waals surface area (Å²) >= 11 is 0. The van der Waals surface area contributed by atoms with Crippen LogP contribution in [0.3, 0.4) is 0 Å². The topological polar surface area (TPSA) is 79.2 Å². The molecular weight excluding hydrogens is 351 g/mol. The molecule has 2 aromatic carbocycles. The summed E-state index contributed by atoms with van der Waals surface area (Å²) in [5.74, 6) is 0.246. The standard InChI is InChI=1S/C21H25FO5/c1-2-8-26-15-6-7-17(22)16(10-15)13-4-3-5-14(9-13)19-11-18(24)21(25)20(12-23)27-19/h3-7,9-10,18-21,23-25H,2,8,11-12H2,1H3. The second kappa shape index (κ2) is 8.80. The lowest BCUT2D eigenvalue weighted by Crippen LogP contribution is -2.47. The number of hydrogen-bond acceptors (Lipinski definition) is 5. The highest BCUT2D eigenvalue weighted by Gasteiger charge is 2.36. The van der Waals surface area contributed by atoms with E-state index in [1.165, 1.54) is 6.07 Å². The number of hydrogen-bond donors (Lipinski definition) is 3. The van der Waals surface area contributed by atoms with E-state index in [4.69, 9.17) is 9.47 Å². The van der Waals surface area contributed by atoms with Crippen LogP contribution in [0.4, 0.5) is 4.39 Å². The van der Waals surface area contributed by atoms with Gasteiger partial charge < -0.3 is 24.8 Å². The predicted molar refractivity (Wildman–Crippen MR) is 99.0 cm³/mol. The molecular formula is C21H25FO5. The number of benzene rings is 2. The number of rotatable bonds is 6. The normalized spacial score (nSPS) is 25.4. The molecule has 4 atom stereocenters. The third kappa shape index (κ3) is 4.47. The predicted octanol–water partition coefficient (Wildman–Crippen LogP) is 2.83. The molecule has 4 unspecified atom stereocenters. The molecule has 1 heterocycles. The van der Waals surface area contributed by atoms with Crippen molar-refractivity contribution in [2.45, 2.75) is 44.2 Å². The number of ether oxygens (including phenoxy) is 2. The van der Waals surface area contributed by atoms with E-state index in [-0.39, 0.29) is 18.8 Å². The fraction of sp³-hybridized carbons (Fsp3) is 0.429. The molecule has 27 heavy (non-hydrogen) atoms. The first-order valence-corrected chi connectivity index (χ1v) is 9.18. The average molecular weight is 376 g/mol. The Kier molecular flexibility index (Phi) is 6.44. The number of aliphatic hydroxyl groups excluding tert-OH is 3. The summed E-state index contributed by atoms with van der Waals surface area (Å²) in [5, 5.41) is 29.3. The van der Waals surface area contributed by atoms with Crippen LogP contribution in [0.5, 0.6) is 5.75 Å². The molecule has 1 fully saturated rings. The van der Waals surface area contributed by atoms with Crippen molar-refractivity contribution >= 4 is 0 Å². The van der Waals surface area contributed by atoms with Crippen molar-refractivity contribution in [1.82, 2.24) is 0 Å². The zero-order chi connectivity index (χ0) is 19.4. The minimum absolute atomic E-state index is 0.198. The molecule has 0 aromatic heterocycles. The molecule has 1 aliphatic heterocycles. The monoisotopic (exact) mass is 376 g/mol. The largest absolute Gasteiger partial charge is 0.494 e. The first-order chi connectivity index (χ1) is 13.0. The minimum Gasteiger partial charge on any atom is -0.494 e. The summed E-state index contributed by atoms with van der Waals surface area (Å²) in [4.78, 5) is 0. The van der Waals surface area contributed by atoms with Crippen molar-refractivity contribution in [2.24, 2.45) is 0 Å². The summed E-state index contributed by atoms with van der Waals surface area (Å²) in [6, 6.07) is 11.9. The fourth-order valence-electron chi connectivity index (χ4n) is 3.26. The molecule has 1 aliphatic rings. The van der Waals surface area contributed by atoms with Gasteiger partial charge in [0.15, 0.2) is 0 Å². The summed E-state index contributed by atoms with van der Waals surface area (Å²) in [7, 11) is 0. The van der Waals surface area contributed by atoms with Gasteiger partial charge in [0.25, 0.3) is 0 Å². The van der Waals surface area contributed by atoms with E-state index < -0.39 is 24.4 Å². The van der Waals surface area contributed by atoms with Crippen LogP contribution >= 0.6 is 0 Å². The van der Waals surface area contributed by atoms with Gasteiger partial charge in [-0.25, -0.2) is 4.39 Å². The molecule has 0 aliphatic carbocycles. The maximum atomic E-state index is 14.4. The molecule has 0 amide bonds. The van der Waals surface area contributed by atoms with Crippen LogP contribution in [0.2, 0.25) is 0 Å². The van der Waals surface area contributed by atoms with Gasteiger partial charge in [-0.2, -0.15) is 0 Å². The van der Waals surface area contributed by atoms with Crippen molar-refractivity contribution in [1.29, 1.82) is 0 Å². The van der Waals surface area contributed by atoms with E-state index >= 15 is 0 Å². The van der Waals surface area contributed by atoms with Gasteiger partial charge in [-0.05, 0) is 41.8 Å². The number of halogens is 1. The highest BCUT2D eigenvalue weighted by Crippen LogP contribution is 2.35. The van der Waals surface area contributed by atoms with Crippen molar-refractivity contribution in [3.8, 4) is 16.9 Å². The van der Waals surface area contributed by atoms with Crippen molar-refractivity contribution in [3.63, 3.8) is 0 Å².